The highest BCUT2D eigenvalue weighted by Crippen LogP contribution is 2.32. The summed E-state index contributed by atoms with van der Waals surface area (Å²) >= 11 is 17.8. The zero-order valence-electron chi connectivity index (χ0n) is 12.2. The zero-order valence-corrected chi connectivity index (χ0v) is 14.4. The fourth-order valence-electron chi connectivity index (χ4n) is 1.80. The number of hydrogen-bond donors (Lipinski definition) is 2. The van der Waals surface area contributed by atoms with Crippen LogP contribution in [0.5, 0.6) is 0 Å². The van der Waals surface area contributed by atoms with E-state index in [2.05, 4.69) is 12.2 Å². The van der Waals surface area contributed by atoms with Crippen LogP contribution in [-0.4, -0.2) is 31.0 Å². The van der Waals surface area contributed by atoms with Crippen molar-refractivity contribution < 1.29 is 9.84 Å². The molecule has 0 fully saturated rings. The van der Waals surface area contributed by atoms with Crippen molar-refractivity contribution in [1.29, 1.82) is 0 Å². The van der Waals surface area contributed by atoms with Crippen LogP contribution in [-0.2, 0) is 4.74 Å². The summed E-state index contributed by atoms with van der Waals surface area (Å²) in [6.07, 6.45) is 4.04. The molecule has 0 amide bonds. The molecule has 3 nitrogen and oxygen atoms in total. The number of ether oxygens (including phenoxy) is 1. The van der Waals surface area contributed by atoms with Crippen molar-refractivity contribution in [3.05, 3.63) is 27.2 Å². The molecule has 1 aromatic rings. The summed E-state index contributed by atoms with van der Waals surface area (Å²) in [5, 5.41) is 14.2. The van der Waals surface area contributed by atoms with Gasteiger partial charge in [-0.25, -0.2) is 0 Å². The molecule has 6 heteroatoms. The van der Waals surface area contributed by atoms with Gasteiger partial charge in [0.25, 0.3) is 0 Å². The number of aliphatic hydroxyl groups excluding tert-OH is 1. The molecule has 0 radical (unpaired) electrons. The number of nitrogens with one attached hydrogen (secondary N) is 1. The molecular weight excluding hydrogens is 333 g/mol. The van der Waals surface area contributed by atoms with E-state index in [1.54, 1.807) is 12.1 Å². The van der Waals surface area contributed by atoms with Gasteiger partial charge in [-0.2, -0.15) is 0 Å². The third-order valence-electron chi connectivity index (χ3n) is 2.99. The standard InChI is InChI=1S/C15H22Cl3NO2/c1-2-3-4-5-6-21-10-11(20)9-19-15-8-13(17)12(16)7-14(15)18/h7-8,11,19-20H,2-6,9-10H2,1H3. The average Bonchev–Trinajstić information content (AvgIpc) is 2.45. The number of aliphatic hydroxyl groups is 1. The van der Waals surface area contributed by atoms with Crippen molar-refractivity contribution in [3.8, 4) is 0 Å². The van der Waals surface area contributed by atoms with Gasteiger partial charge in [-0.1, -0.05) is 61.0 Å². The van der Waals surface area contributed by atoms with Crippen LogP contribution in [0.1, 0.15) is 32.6 Å². The number of benzene rings is 1. The van der Waals surface area contributed by atoms with Gasteiger partial charge >= 0.3 is 0 Å². The molecule has 2 N–H and O–H groups in total. The van der Waals surface area contributed by atoms with Gasteiger partial charge in [0.05, 0.1) is 33.5 Å². The van der Waals surface area contributed by atoms with E-state index < -0.39 is 6.10 Å². The van der Waals surface area contributed by atoms with Crippen LogP contribution in [0.15, 0.2) is 12.1 Å². The quantitative estimate of drug-likeness (QED) is 0.458. The Balaban J connectivity index is 2.24. The van der Waals surface area contributed by atoms with E-state index in [0.29, 0.717) is 40.5 Å². The second-order valence-electron chi connectivity index (χ2n) is 4.92. The lowest BCUT2D eigenvalue weighted by Crippen LogP contribution is -2.25. The summed E-state index contributed by atoms with van der Waals surface area (Å²) < 4.78 is 5.43. The first-order valence-electron chi connectivity index (χ1n) is 7.18. The summed E-state index contributed by atoms with van der Waals surface area (Å²) in [5.74, 6) is 0. The first kappa shape index (κ1) is 18.9. The highest BCUT2D eigenvalue weighted by molar-refractivity contribution is 6.44. The largest absolute Gasteiger partial charge is 0.389 e. The summed E-state index contributed by atoms with van der Waals surface area (Å²) in [4.78, 5) is 0. The highest BCUT2D eigenvalue weighted by Gasteiger charge is 2.08. The molecule has 0 saturated carbocycles. The van der Waals surface area contributed by atoms with E-state index in [9.17, 15) is 5.11 Å². The average molecular weight is 355 g/mol. The Hall–Kier alpha value is -0.190. The Morgan fingerprint density at radius 2 is 1.81 bits per heavy atom. The van der Waals surface area contributed by atoms with Crippen molar-refractivity contribution in [2.45, 2.75) is 38.7 Å². The lowest BCUT2D eigenvalue weighted by molar-refractivity contribution is 0.0417. The molecule has 0 aliphatic rings. The minimum Gasteiger partial charge on any atom is -0.389 e. The fourth-order valence-corrected chi connectivity index (χ4v) is 2.41. The number of anilines is 1. The molecule has 21 heavy (non-hydrogen) atoms. The molecule has 0 aliphatic carbocycles. The SMILES string of the molecule is CCCCCCOCC(O)CNc1cc(Cl)c(Cl)cc1Cl. The normalized spacial score (nSPS) is 12.4. The maximum absolute atomic E-state index is 9.84. The number of rotatable bonds is 10. The number of unbranched alkanes of at least 4 members (excludes halogenated alkanes) is 3. The Labute approximate surface area is 141 Å². The van der Waals surface area contributed by atoms with Crippen LogP contribution in [0, 0.1) is 0 Å². The molecule has 0 bridgehead atoms. The number of hydrogen-bond acceptors (Lipinski definition) is 3. The van der Waals surface area contributed by atoms with E-state index >= 15 is 0 Å². The van der Waals surface area contributed by atoms with Gasteiger partial charge in [0.15, 0.2) is 0 Å². The highest BCUT2D eigenvalue weighted by atomic mass is 35.5. The molecule has 0 heterocycles. The van der Waals surface area contributed by atoms with Gasteiger partial charge in [-0.05, 0) is 18.6 Å². The molecule has 1 atom stereocenters. The molecule has 0 aromatic heterocycles. The van der Waals surface area contributed by atoms with Crippen molar-refractivity contribution in [3.63, 3.8) is 0 Å². The van der Waals surface area contributed by atoms with Gasteiger partial charge in [-0.3, -0.25) is 0 Å². The lowest BCUT2D eigenvalue weighted by Gasteiger charge is -2.14. The van der Waals surface area contributed by atoms with Gasteiger partial charge in [-0.15, -0.1) is 0 Å². The second-order valence-corrected chi connectivity index (χ2v) is 6.14. The molecule has 1 aromatic carbocycles. The molecule has 0 saturated heterocycles. The van der Waals surface area contributed by atoms with Crippen molar-refractivity contribution in [1.82, 2.24) is 0 Å². The van der Waals surface area contributed by atoms with Crippen molar-refractivity contribution in [2.24, 2.45) is 0 Å². The first-order valence-corrected chi connectivity index (χ1v) is 8.32. The van der Waals surface area contributed by atoms with Crippen LogP contribution in [0.3, 0.4) is 0 Å². The van der Waals surface area contributed by atoms with E-state index in [-0.39, 0.29) is 0 Å². The summed E-state index contributed by atoms with van der Waals surface area (Å²) in [7, 11) is 0. The summed E-state index contributed by atoms with van der Waals surface area (Å²) in [6, 6.07) is 3.22. The molecule has 0 spiro atoms. The minimum atomic E-state index is -0.596. The van der Waals surface area contributed by atoms with Gasteiger partial charge < -0.3 is 15.2 Å². The van der Waals surface area contributed by atoms with Crippen LogP contribution >= 0.6 is 34.8 Å². The minimum absolute atomic E-state index is 0.304. The van der Waals surface area contributed by atoms with E-state index in [4.69, 9.17) is 39.5 Å². The maximum Gasteiger partial charge on any atom is 0.0945 e. The molecule has 1 rings (SSSR count). The van der Waals surface area contributed by atoms with Gasteiger partial charge in [0.1, 0.15) is 0 Å². The topological polar surface area (TPSA) is 41.5 Å². The predicted octanol–water partition coefficient (Wildman–Crippen LogP) is 5.02. The zero-order chi connectivity index (χ0) is 15.7. The summed E-state index contributed by atoms with van der Waals surface area (Å²) in [6.45, 7) is 3.50. The third kappa shape index (κ3) is 7.57. The molecular formula is C15H22Cl3NO2. The molecule has 120 valence electrons. The smallest absolute Gasteiger partial charge is 0.0945 e. The number of halogens is 3. The van der Waals surface area contributed by atoms with Crippen LogP contribution in [0.2, 0.25) is 15.1 Å². The van der Waals surface area contributed by atoms with E-state index in [0.717, 1.165) is 6.42 Å². The van der Waals surface area contributed by atoms with Crippen LogP contribution < -0.4 is 5.32 Å². The Kier molecular flexibility index (Phi) is 9.45. The van der Waals surface area contributed by atoms with Gasteiger partial charge in [0, 0.05) is 13.2 Å². The Morgan fingerprint density at radius 3 is 2.52 bits per heavy atom. The van der Waals surface area contributed by atoms with Crippen molar-refractivity contribution in [2.75, 3.05) is 25.1 Å². The second kappa shape index (κ2) is 10.5. The van der Waals surface area contributed by atoms with Gasteiger partial charge in [0.2, 0.25) is 0 Å². The maximum atomic E-state index is 9.84. The molecule has 1 unspecified atom stereocenters. The fraction of sp³-hybridized carbons (Fsp3) is 0.600. The summed E-state index contributed by atoms with van der Waals surface area (Å²) in [5.41, 5.74) is 0.646. The third-order valence-corrected chi connectivity index (χ3v) is 4.03. The monoisotopic (exact) mass is 353 g/mol. The van der Waals surface area contributed by atoms with E-state index in [1.807, 2.05) is 0 Å². The van der Waals surface area contributed by atoms with Crippen LogP contribution in [0.4, 0.5) is 5.69 Å². The molecule has 0 aliphatic heterocycles. The first-order chi connectivity index (χ1) is 10.0. The Bertz CT molecular complexity index is 430. The Morgan fingerprint density at radius 1 is 1.10 bits per heavy atom. The van der Waals surface area contributed by atoms with E-state index in [1.165, 1.54) is 19.3 Å². The predicted molar refractivity (Wildman–Crippen MR) is 90.9 cm³/mol. The van der Waals surface area contributed by atoms with Crippen LogP contribution in [0.25, 0.3) is 0 Å². The van der Waals surface area contributed by atoms with Crippen molar-refractivity contribution >= 4 is 40.5 Å². The lowest BCUT2D eigenvalue weighted by atomic mass is 10.2.